The van der Waals surface area contributed by atoms with Gasteiger partial charge in [-0.05, 0) is 79.3 Å². The minimum Gasteiger partial charge on any atom is -0.425 e. The zero-order chi connectivity index (χ0) is 34.2. The van der Waals surface area contributed by atoms with Crippen LogP contribution in [0.4, 0.5) is 14.9 Å². The number of aromatic amines is 1. The fourth-order valence-corrected chi connectivity index (χ4v) is 7.60. The first kappa shape index (κ1) is 35.2. The Morgan fingerprint density at radius 2 is 1.67 bits per heavy atom. The molecule has 3 aliphatic rings. The van der Waals surface area contributed by atoms with Crippen molar-refractivity contribution in [1.82, 2.24) is 30.8 Å². The molecule has 1 unspecified atom stereocenters. The number of H-pyrrole nitrogens is 1. The largest absolute Gasteiger partial charge is 0.425 e. The fraction of sp³-hybridized carbons (Fsp3) is 0.676. The molecule has 3 N–H and O–H groups in total. The van der Waals surface area contributed by atoms with Crippen LogP contribution in [0.1, 0.15) is 85.0 Å². The second kappa shape index (κ2) is 16.3. The highest BCUT2D eigenvalue weighted by molar-refractivity contribution is 5.98. The smallest absolute Gasteiger partial charge is 0.410 e. The van der Waals surface area contributed by atoms with Crippen molar-refractivity contribution >= 4 is 29.6 Å². The molecule has 14 heteroatoms. The molecular formula is C34H48FN7O6. The van der Waals surface area contributed by atoms with Gasteiger partial charge in [0.1, 0.15) is 12.7 Å². The lowest BCUT2D eigenvalue weighted by Crippen LogP contribution is -2.50. The van der Waals surface area contributed by atoms with Crippen LogP contribution in [-0.4, -0.2) is 81.0 Å². The number of halogens is 1. The van der Waals surface area contributed by atoms with Crippen molar-refractivity contribution in [3.63, 3.8) is 0 Å². The summed E-state index contributed by atoms with van der Waals surface area (Å²) in [6.07, 6.45) is 6.63. The van der Waals surface area contributed by atoms with Crippen LogP contribution in [0.15, 0.2) is 24.3 Å². The number of nitrogens with one attached hydrogen (secondary N) is 3. The molecule has 2 saturated carbocycles. The van der Waals surface area contributed by atoms with Gasteiger partial charge in [0.15, 0.2) is 0 Å². The van der Waals surface area contributed by atoms with E-state index < -0.39 is 37.1 Å². The number of tetrazole rings is 1. The van der Waals surface area contributed by atoms with Crippen LogP contribution in [0.2, 0.25) is 0 Å². The van der Waals surface area contributed by atoms with Crippen LogP contribution < -0.4 is 10.6 Å². The number of alkyl carbamates (subject to hydrolysis) is 1. The molecule has 1 aromatic heterocycles. The van der Waals surface area contributed by atoms with E-state index >= 15 is 0 Å². The molecule has 0 spiro atoms. The number of anilines is 1. The number of hydrogen-bond acceptors (Lipinski definition) is 9. The molecule has 0 radical (unpaired) electrons. The normalized spacial score (nSPS) is 24.5. The summed E-state index contributed by atoms with van der Waals surface area (Å²) in [4.78, 5) is 54.0. The molecule has 262 valence electrons. The highest BCUT2D eigenvalue weighted by Crippen LogP contribution is 2.41. The molecule has 48 heavy (non-hydrogen) atoms. The molecule has 2 heterocycles. The van der Waals surface area contributed by atoms with Gasteiger partial charge < -0.3 is 25.0 Å². The molecular weight excluding hydrogens is 621 g/mol. The summed E-state index contributed by atoms with van der Waals surface area (Å²) in [5.74, 6) is -0.578. The number of nitrogens with zero attached hydrogens (tertiary/aromatic N) is 4. The van der Waals surface area contributed by atoms with Gasteiger partial charge in [-0.15, -0.1) is 10.2 Å². The fourth-order valence-electron chi connectivity index (χ4n) is 7.60. The van der Waals surface area contributed by atoms with Crippen LogP contribution in [0.25, 0.3) is 11.4 Å². The molecule has 5 rings (SSSR count). The lowest BCUT2D eigenvalue weighted by Gasteiger charge is -2.37. The van der Waals surface area contributed by atoms with Crippen LogP contribution in [0.5, 0.6) is 0 Å². The van der Waals surface area contributed by atoms with E-state index in [-0.39, 0.29) is 35.5 Å². The first-order valence-corrected chi connectivity index (χ1v) is 17.3. The summed E-state index contributed by atoms with van der Waals surface area (Å²) in [5.41, 5.74) is 1.39. The van der Waals surface area contributed by atoms with Gasteiger partial charge in [0.05, 0.1) is 12.0 Å². The van der Waals surface area contributed by atoms with Crippen molar-refractivity contribution in [2.75, 3.05) is 18.5 Å². The van der Waals surface area contributed by atoms with Crippen molar-refractivity contribution < 1.29 is 33.0 Å². The number of carbonyl (C=O) groups excluding carboxylic acids is 4. The van der Waals surface area contributed by atoms with Gasteiger partial charge in [0.2, 0.25) is 23.9 Å². The van der Waals surface area contributed by atoms with Gasteiger partial charge in [-0.1, -0.05) is 46.0 Å². The molecule has 13 nitrogen and oxygen atoms in total. The Kier molecular flexibility index (Phi) is 12.0. The summed E-state index contributed by atoms with van der Waals surface area (Å²) in [5, 5.41) is 19.7. The maximum Gasteiger partial charge on any atom is 0.410 e. The highest BCUT2D eigenvalue weighted by atomic mass is 19.1. The number of hydrogen-bond donors (Lipinski definition) is 3. The Balaban J connectivity index is 1.19. The Morgan fingerprint density at radius 1 is 0.958 bits per heavy atom. The third-order valence-corrected chi connectivity index (χ3v) is 10.2. The van der Waals surface area contributed by atoms with Crippen molar-refractivity contribution in [2.45, 2.75) is 103 Å². The van der Waals surface area contributed by atoms with E-state index in [0.717, 1.165) is 37.7 Å². The number of benzene rings is 1. The molecule has 4 atom stereocenters. The van der Waals surface area contributed by atoms with Crippen molar-refractivity contribution in [1.29, 1.82) is 0 Å². The Hall–Kier alpha value is -4.10. The molecule has 1 saturated heterocycles. The molecule has 2 aromatic rings. The monoisotopic (exact) mass is 669 g/mol. The van der Waals surface area contributed by atoms with Crippen LogP contribution in [0.3, 0.4) is 0 Å². The molecule has 0 bridgehead atoms. The molecule has 3 amide bonds. The zero-order valence-electron chi connectivity index (χ0n) is 28.0. The number of amides is 3. The van der Waals surface area contributed by atoms with Gasteiger partial charge in [-0.2, -0.15) is 5.21 Å². The lowest BCUT2D eigenvalue weighted by atomic mass is 9.76. The number of ether oxygens (including phenoxy) is 2. The van der Waals surface area contributed by atoms with E-state index in [4.69, 9.17) is 9.47 Å². The maximum atomic E-state index is 14.1. The van der Waals surface area contributed by atoms with Crippen molar-refractivity contribution in [3.8, 4) is 11.4 Å². The average molecular weight is 670 g/mol. The predicted molar refractivity (Wildman–Crippen MR) is 174 cm³/mol. The summed E-state index contributed by atoms with van der Waals surface area (Å²) >= 11 is 0. The molecule has 3 fully saturated rings. The zero-order valence-corrected chi connectivity index (χ0v) is 28.0. The Bertz CT molecular complexity index is 1380. The predicted octanol–water partition coefficient (Wildman–Crippen LogP) is 5.02. The Labute approximate surface area is 280 Å². The van der Waals surface area contributed by atoms with Gasteiger partial charge in [0.25, 0.3) is 0 Å². The van der Waals surface area contributed by atoms with Crippen LogP contribution in [-0.2, 0) is 23.9 Å². The average Bonchev–Trinajstić information content (AvgIpc) is 3.79. The molecule has 1 aliphatic heterocycles. The summed E-state index contributed by atoms with van der Waals surface area (Å²) in [6.45, 7) is 4.52. The van der Waals surface area contributed by atoms with Gasteiger partial charge in [-0.25, -0.2) is 9.18 Å². The van der Waals surface area contributed by atoms with E-state index in [1.807, 2.05) is 12.1 Å². The van der Waals surface area contributed by atoms with E-state index in [2.05, 4.69) is 31.3 Å². The van der Waals surface area contributed by atoms with Crippen LogP contribution >= 0.6 is 0 Å². The topological polar surface area (TPSA) is 168 Å². The number of carbonyl (C=O) groups is 4. The molecule has 1 aromatic carbocycles. The summed E-state index contributed by atoms with van der Waals surface area (Å²) in [7, 11) is 0. The van der Waals surface area contributed by atoms with Crippen molar-refractivity contribution in [2.24, 2.45) is 29.6 Å². The number of rotatable bonds is 11. The van der Waals surface area contributed by atoms with Gasteiger partial charge in [0, 0.05) is 30.6 Å². The van der Waals surface area contributed by atoms with Crippen LogP contribution in [0, 0.1) is 29.6 Å². The first-order valence-electron chi connectivity index (χ1n) is 17.3. The second-order valence-electron chi connectivity index (χ2n) is 13.7. The third-order valence-electron chi connectivity index (χ3n) is 10.2. The van der Waals surface area contributed by atoms with Gasteiger partial charge in [-0.3, -0.25) is 14.4 Å². The van der Waals surface area contributed by atoms with E-state index in [1.54, 1.807) is 30.9 Å². The minimum absolute atomic E-state index is 0.0238. The van der Waals surface area contributed by atoms with Crippen molar-refractivity contribution in [3.05, 3.63) is 24.3 Å². The van der Waals surface area contributed by atoms with E-state index in [9.17, 15) is 23.6 Å². The maximum absolute atomic E-state index is 14.1. The lowest BCUT2D eigenvalue weighted by molar-refractivity contribution is -0.168. The first-order chi connectivity index (χ1) is 23.1. The minimum atomic E-state index is -1.10. The number of aromatic nitrogens is 4. The standard InChI is InChI=1S/C34H48FN7O6/c1-20(2)33(45)47-21(3)48-34(46)37-28(19-35)23-9-11-25(12-10-23)32(44)42-18-17-27(22-7-5-4-6-8-22)29(42)31(43)36-26-15-13-24(14-16-26)30-38-40-41-39-30/h13-16,20-23,25,27-29H,4-12,17-19H2,1-3H3,(H,36,43)(H,37,46)(H,38,39,40,41)/t21-,23?,25?,27?,28-,29+/m1/s1. The second-order valence-corrected chi connectivity index (χ2v) is 13.7. The number of alkyl halides is 1. The quantitative estimate of drug-likeness (QED) is 0.220. The highest BCUT2D eigenvalue weighted by Gasteiger charge is 2.47. The van der Waals surface area contributed by atoms with E-state index in [1.165, 1.54) is 13.3 Å². The summed E-state index contributed by atoms with van der Waals surface area (Å²) in [6, 6.07) is 5.88. The SMILES string of the molecule is CC(C)C(=O)O[C@@H](C)OC(=O)N[C@H](CF)C1CCC(C(=O)N2CCC(C3CCCCC3)[C@H]2C(=O)Nc2ccc(-c3nn[nH]n3)cc2)CC1. The summed E-state index contributed by atoms with van der Waals surface area (Å²) < 4.78 is 24.3. The van der Waals surface area contributed by atoms with Gasteiger partial charge >= 0.3 is 12.1 Å². The third kappa shape index (κ3) is 8.67. The number of esters is 1. The van der Waals surface area contributed by atoms with E-state index in [0.29, 0.717) is 49.7 Å². The molecule has 2 aliphatic carbocycles. The Morgan fingerprint density at radius 3 is 2.29 bits per heavy atom. The number of likely N-dealkylation sites (tertiary alicyclic amines) is 1.